The normalized spacial score (nSPS) is 12.8. The summed E-state index contributed by atoms with van der Waals surface area (Å²) in [5, 5.41) is 9.66. The number of rotatable bonds is 5. The van der Waals surface area contributed by atoms with E-state index in [4.69, 9.17) is 0 Å². The fourth-order valence-corrected chi connectivity index (χ4v) is 1.23. The van der Waals surface area contributed by atoms with Crippen molar-refractivity contribution in [2.24, 2.45) is 0 Å². The number of unbranched alkanes of at least 4 members (excludes halogenated alkanes) is 2. The van der Waals surface area contributed by atoms with Crippen LogP contribution in [-0.2, 0) is 0 Å². The quantitative estimate of drug-likeness (QED) is 0.706. The maximum absolute atomic E-state index is 9.66. The van der Waals surface area contributed by atoms with Crippen molar-refractivity contribution in [3.8, 4) is 0 Å². The molecule has 0 amide bonds. The van der Waals surface area contributed by atoms with E-state index in [0.29, 0.717) is 0 Å². The summed E-state index contributed by atoms with van der Waals surface area (Å²) in [5.74, 6) is 0. The van der Waals surface area contributed by atoms with Crippen molar-refractivity contribution in [3.63, 3.8) is 0 Å². The molecule has 1 aromatic rings. The van der Waals surface area contributed by atoms with Crippen molar-refractivity contribution < 1.29 is 5.11 Å². The fraction of sp³-hybridized carbons (Fsp3) is 0.600. The first-order valence-electron chi connectivity index (χ1n) is 4.78. The van der Waals surface area contributed by atoms with Gasteiger partial charge < -0.3 is 5.11 Å². The van der Waals surface area contributed by atoms with Crippen molar-refractivity contribution in [1.82, 2.24) is 9.97 Å². The molecule has 0 saturated carbocycles. The first-order chi connectivity index (χ1) is 6.34. The van der Waals surface area contributed by atoms with Crippen molar-refractivity contribution in [2.75, 3.05) is 0 Å². The lowest BCUT2D eigenvalue weighted by Gasteiger charge is -2.08. The smallest absolute Gasteiger partial charge is 0.115 e. The molecule has 13 heavy (non-hydrogen) atoms. The lowest BCUT2D eigenvalue weighted by Crippen LogP contribution is -2.00. The van der Waals surface area contributed by atoms with Gasteiger partial charge in [0.2, 0.25) is 0 Å². The average Bonchev–Trinajstić information content (AvgIpc) is 2.19. The van der Waals surface area contributed by atoms with E-state index in [2.05, 4.69) is 16.9 Å². The topological polar surface area (TPSA) is 46.0 Å². The molecule has 1 heterocycles. The van der Waals surface area contributed by atoms with Gasteiger partial charge in [0.15, 0.2) is 0 Å². The summed E-state index contributed by atoms with van der Waals surface area (Å²) >= 11 is 0. The Morgan fingerprint density at radius 1 is 1.46 bits per heavy atom. The molecule has 0 aliphatic carbocycles. The highest BCUT2D eigenvalue weighted by molar-refractivity contribution is 5.01. The van der Waals surface area contributed by atoms with Crippen LogP contribution in [0.1, 0.15) is 44.4 Å². The zero-order valence-electron chi connectivity index (χ0n) is 7.98. The van der Waals surface area contributed by atoms with E-state index in [9.17, 15) is 5.11 Å². The molecule has 0 spiro atoms. The Labute approximate surface area is 78.9 Å². The molecule has 0 aromatic carbocycles. The van der Waals surface area contributed by atoms with E-state index in [0.717, 1.165) is 18.5 Å². The molecule has 72 valence electrons. The van der Waals surface area contributed by atoms with E-state index >= 15 is 0 Å². The third-order valence-corrected chi connectivity index (χ3v) is 2.03. The van der Waals surface area contributed by atoms with Crippen LogP contribution >= 0.6 is 0 Å². The first kappa shape index (κ1) is 10.1. The van der Waals surface area contributed by atoms with Crippen LogP contribution in [0.25, 0.3) is 0 Å². The van der Waals surface area contributed by atoms with E-state index in [1.807, 2.05) is 0 Å². The van der Waals surface area contributed by atoms with Crippen LogP contribution in [0, 0.1) is 0 Å². The predicted molar refractivity (Wildman–Crippen MR) is 51.1 cm³/mol. The molecule has 1 unspecified atom stereocenters. The van der Waals surface area contributed by atoms with Crippen LogP contribution in [0.15, 0.2) is 18.6 Å². The molecule has 0 saturated heterocycles. The summed E-state index contributed by atoms with van der Waals surface area (Å²) in [7, 11) is 0. The summed E-state index contributed by atoms with van der Waals surface area (Å²) < 4.78 is 0. The number of aliphatic hydroxyl groups excluding tert-OH is 1. The van der Waals surface area contributed by atoms with Crippen LogP contribution in [0.2, 0.25) is 0 Å². The van der Waals surface area contributed by atoms with Crippen LogP contribution in [0.5, 0.6) is 0 Å². The zero-order valence-corrected chi connectivity index (χ0v) is 7.98. The number of aliphatic hydroxyl groups is 1. The maximum Gasteiger partial charge on any atom is 0.115 e. The van der Waals surface area contributed by atoms with Gasteiger partial charge in [-0.05, 0) is 12.5 Å². The van der Waals surface area contributed by atoms with Gasteiger partial charge in [0.1, 0.15) is 6.33 Å². The van der Waals surface area contributed by atoms with Gasteiger partial charge in [-0.1, -0.05) is 26.2 Å². The van der Waals surface area contributed by atoms with Crippen molar-refractivity contribution in [1.29, 1.82) is 0 Å². The Morgan fingerprint density at radius 3 is 2.92 bits per heavy atom. The van der Waals surface area contributed by atoms with Gasteiger partial charge in [0, 0.05) is 6.20 Å². The summed E-state index contributed by atoms with van der Waals surface area (Å²) in [6.07, 6.45) is 6.91. The molecule has 3 heteroatoms. The van der Waals surface area contributed by atoms with E-state index in [1.165, 1.54) is 19.2 Å². The van der Waals surface area contributed by atoms with Gasteiger partial charge in [-0.2, -0.15) is 0 Å². The number of nitrogens with zero attached hydrogens (tertiary/aromatic N) is 2. The number of hydrogen-bond donors (Lipinski definition) is 1. The van der Waals surface area contributed by atoms with E-state index in [-0.39, 0.29) is 0 Å². The fourth-order valence-electron chi connectivity index (χ4n) is 1.23. The molecule has 0 radical (unpaired) electrons. The van der Waals surface area contributed by atoms with Crippen LogP contribution in [0.4, 0.5) is 0 Å². The van der Waals surface area contributed by atoms with Gasteiger partial charge >= 0.3 is 0 Å². The minimum Gasteiger partial charge on any atom is -0.387 e. The Morgan fingerprint density at radius 2 is 2.31 bits per heavy atom. The van der Waals surface area contributed by atoms with Gasteiger partial charge in [-0.3, -0.25) is 0 Å². The van der Waals surface area contributed by atoms with E-state index in [1.54, 1.807) is 12.3 Å². The Bertz CT molecular complexity index is 226. The summed E-state index contributed by atoms with van der Waals surface area (Å²) in [4.78, 5) is 7.80. The Kier molecular flexibility index (Phi) is 4.40. The minimum atomic E-state index is -0.422. The van der Waals surface area contributed by atoms with Gasteiger partial charge in [-0.15, -0.1) is 0 Å². The second kappa shape index (κ2) is 5.65. The molecule has 0 aliphatic rings. The second-order valence-electron chi connectivity index (χ2n) is 3.15. The highest BCUT2D eigenvalue weighted by Gasteiger charge is 2.06. The number of hydrogen-bond acceptors (Lipinski definition) is 3. The molecule has 0 bridgehead atoms. The van der Waals surface area contributed by atoms with Gasteiger partial charge in [-0.25, -0.2) is 9.97 Å². The van der Waals surface area contributed by atoms with Crippen molar-refractivity contribution >= 4 is 0 Å². The summed E-state index contributed by atoms with van der Waals surface area (Å²) in [6, 6.07) is 1.76. The molecule has 3 nitrogen and oxygen atoms in total. The molecule has 1 rings (SSSR count). The molecule has 0 fully saturated rings. The molecule has 1 atom stereocenters. The van der Waals surface area contributed by atoms with Gasteiger partial charge in [0.25, 0.3) is 0 Å². The largest absolute Gasteiger partial charge is 0.387 e. The third kappa shape index (κ3) is 3.51. The van der Waals surface area contributed by atoms with E-state index < -0.39 is 6.10 Å². The minimum absolute atomic E-state index is 0.422. The predicted octanol–water partition coefficient (Wildman–Crippen LogP) is 2.09. The summed E-state index contributed by atoms with van der Waals surface area (Å²) in [5.41, 5.74) is 0.728. The standard InChI is InChI=1S/C10H16N2O/c1-2-3-4-5-10(13)9-6-7-11-8-12-9/h6-8,10,13H,2-5H2,1H3. The van der Waals surface area contributed by atoms with Crippen molar-refractivity contribution in [3.05, 3.63) is 24.3 Å². The number of aromatic nitrogens is 2. The monoisotopic (exact) mass is 180 g/mol. The summed E-state index contributed by atoms with van der Waals surface area (Å²) in [6.45, 7) is 2.15. The van der Waals surface area contributed by atoms with Crippen LogP contribution in [-0.4, -0.2) is 15.1 Å². The Hall–Kier alpha value is -0.960. The average molecular weight is 180 g/mol. The lowest BCUT2D eigenvalue weighted by molar-refractivity contribution is 0.159. The lowest BCUT2D eigenvalue weighted by atomic mass is 10.1. The maximum atomic E-state index is 9.66. The second-order valence-corrected chi connectivity index (χ2v) is 3.15. The molecule has 0 aliphatic heterocycles. The zero-order chi connectivity index (χ0) is 9.52. The molecule has 1 aromatic heterocycles. The molecular weight excluding hydrogens is 164 g/mol. The van der Waals surface area contributed by atoms with Crippen molar-refractivity contribution in [2.45, 2.75) is 38.7 Å². The highest BCUT2D eigenvalue weighted by atomic mass is 16.3. The molecule has 1 N–H and O–H groups in total. The SMILES string of the molecule is CCCCCC(O)c1ccncn1. The first-order valence-corrected chi connectivity index (χ1v) is 4.78. The van der Waals surface area contributed by atoms with Crippen LogP contribution < -0.4 is 0 Å². The Balaban J connectivity index is 2.35. The third-order valence-electron chi connectivity index (χ3n) is 2.03. The van der Waals surface area contributed by atoms with Gasteiger partial charge in [0.05, 0.1) is 11.8 Å². The van der Waals surface area contributed by atoms with Crippen LogP contribution in [0.3, 0.4) is 0 Å². The highest BCUT2D eigenvalue weighted by Crippen LogP contribution is 2.16. The molecular formula is C10H16N2O.